The summed E-state index contributed by atoms with van der Waals surface area (Å²) in [6.07, 6.45) is 1.02. The van der Waals surface area contributed by atoms with E-state index in [9.17, 15) is 0 Å². The number of nitrogens with zero attached hydrogens (tertiary/aromatic N) is 2. The average molecular weight is 243 g/mol. The summed E-state index contributed by atoms with van der Waals surface area (Å²) in [6.45, 7) is 7.26. The van der Waals surface area contributed by atoms with Crippen molar-refractivity contribution >= 4 is 0 Å². The van der Waals surface area contributed by atoms with E-state index >= 15 is 0 Å². The van der Waals surface area contributed by atoms with Crippen LogP contribution in [0.15, 0.2) is 24.3 Å². The highest BCUT2D eigenvalue weighted by Crippen LogP contribution is 2.20. The van der Waals surface area contributed by atoms with Crippen LogP contribution in [-0.2, 0) is 13.0 Å². The lowest BCUT2D eigenvalue weighted by molar-refractivity contribution is 0.798. The Morgan fingerprint density at radius 3 is 2.61 bits per heavy atom. The van der Waals surface area contributed by atoms with Gasteiger partial charge in [0, 0.05) is 17.8 Å². The molecule has 0 unspecified atom stereocenters. The Kier molecular flexibility index (Phi) is 3.82. The molecule has 0 bridgehead atoms. The van der Waals surface area contributed by atoms with Crippen LogP contribution >= 0.6 is 0 Å². The van der Waals surface area contributed by atoms with Crippen LogP contribution in [0.4, 0.5) is 0 Å². The van der Waals surface area contributed by atoms with E-state index in [-0.39, 0.29) is 0 Å². The van der Waals surface area contributed by atoms with Crippen molar-refractivity contribution in [2.75, 3.05) is 7.05 Å². The van der Waals surface area contributed by atoms with Crippen molar-refractivity contribution in [2.45, 2.75) is 33.7 Å². The van der Waals surface area contributed by atoms with Crippen LogP contribution in [0.2, 0.25) is 0 Å². The molecule has 1 heterocycles. The minimum atomic E-state index is 0.867. The average Bonchev–Trinajstić information content (AvgIpc) is 2.67. The van der Waals surface area contributed by atoms with Gasteiger partial charge in [-0.3, -0.25) is 0 Å². The molecule has 2 aromatic rings. The lowest BCUT2D eigenvalue weighted by Crippen LogP contribution is -2.08. The van der Waals surface area contributed by atoms with Crippen molar-refractivity contribution in [3.8, 4) is 5.69 Å². The molecule has 0 aliphatic rings. The van der Waals surface area contributed by atoms with E-state index in [0.717, 1.165) is 18.7 Å². The van der Waals surface area contributed by atoms with E-state index in [0.29, 0.717) is 0 Å². The molecule has 1 aromatic carbocycles. The van der Waals surface area contributed by atoms with Gasteiger partial charge in [0.25, 0.3) is 0 Å². The van der Waals surface area contributed by atoms with Crippen molar-refractivity contribution < 1.29 is 0 Å². The molecule has 0 amide bonds. The highest BCUT2D eigenvalue weighted by Gasteiger charge is 2.13. The first-order chi connectivity index (χ1) is 8.69. The molecule has 3 nitrogen and oxygen atoms in total. The third-order valence-electron chi connectivity index (χ3n) is 3.40. The maximum Gasteiger partial charge on any atom is 0.0680 e. The smallest absolute Gasteiger partial charge is 0.0680 e. The molecule has 0 saturated carbocycles. The summed E-state index contributed by atoms with van der Waals surface area (Å²) >= 11 is 0. The first-order valence-electron chi connectivity index (χ1n) is 6.47. The lowest BCUT2D eigenvalue weighted by Gasteiger charge is -2.10. The molecule has 96 valence electrons. The van der Waals surface area contributed by atoms with Crippen molar-refractivity contribution in [3.05, 3.63) is 46.8 Å². The molecular weight excluding hydrogens is 222 g/mol. The standard InChI is InChI=1S/C15H21N3/c1-5-13-8-6-7-9-15(13)18-12(3)14(10-16-4)11(2)17-18/h6-9,16H,5,10H2,1-4H3. The van der Waals surface area contributed by atoms with Crippen LogP contribution in [0.5, 0.6) is 0 Å². The largest absolute Gasteiger partial charge is 0.316 e. The number of para-hydroxylation sites is 1. The summed E-state index contributed by atoms with van der Waals surface area (Å²) in [7, 11) is 1.97. The zero-order valence-corrected chi connectivity index (χ0v) is 11.6. The summed E-state index contributed by atoms with van der Waals surface area (Å²) < 4.78 is 2.07. The topological polar surface area (TPSA) is 29.9 Å². The Balaban J connectivity index is 2.54. The Labute approximate surface area is 109 Å². The molecule has 0 saturated heterocycles. The second-order valence-electron chi connectivity index (χ2n) is 4.57. The molecule has 0 radical (unpaired) electrons. The van der Waals surface area contributed by atoms with Gasteiger partial charge in [-0.05, 0) is 38.9 Å². The lowest BCUT2D eigenvalue weighted by atomic mass is 10.1. The summed E-state index contributed by atoms with van der Waals surface area (Å²) in [5, 5.41) is 7.89. The van der Waals surface area contributed by atoms with Gasteiger partial charge in [-0.25, -0.2) is 4.68 Å². The summed E-state index contributed by atoms with van der Waals surface area (Å²) in [6, 6.07) is 8.47. The highest BCUT2D eigenvalue weighted by atomic mass is 15.3. The molecule has 0 spiro atoms. The van der Waals surface area contributed by atoms with Crippen LogP contribution < -0.4 is 5.32 Å². The summed E-state index contributed by atoms with van der Waals surface area (Å²) in [5.41, 5.74) is 6.15. The SMILES string of the molecule is CCc1ccccc1-n1nc(C)c(CNC)c1C. The van der Waals surface area contributed by atoms with Crippen LogP contribution in [0, 0.1) is 13.8 Å². The van der Waals surface area contributed by atoms with E-state index in [1.54, 1.807) is 0 Å². The van der Waals surface area contributed by atoms with E-state index in [4.69, 9.17) is 0 Å². The Morgan fingerprint density at radius 2 is 1.94 bits per heavy atom. The van der Waals surface area contributed by atoms with Gasteiger partial charge in [0.2, 0.25) is 0 Å². The fourth-order valence-corrected chi connectivity index (χ4v) is 2.36. The van der Waals surface area contributed by atoms with Gasteiger partial charge in [0.05, 0.1) is 11.4 Å². The number of aromatic nitrogens is 2. The van der Waals surface area contributed by atoms with Crippen molar-refractivity contribution in [2.24, 2.45) is 0 Å². The fraction of sp³-hybridized carbons (Fsp3) is 0.400. The first kappa shape index (κ1) is 12.8. The monoisotopic (exact) mass is 243 g/mol. The second kappa shape index (κ2) is 5.36. The molecule has 1 N–H and O–H groups in total. The predicted octanol–water partition coefficient (Wildman–Crippen LogP) is 2.77. The Bertz CT molecular complexity index is 541. The van der Waals surface area contributed by atoms with Crippen molar-refractivity contribution in [3.63, 3.8) is 0 Å². The van der Waals surface area contributed by atoms with Crippen molar-refractivity contribution in [1.82, 2.24) is 15.1 Å². The van der Waals surface area contributed by atoms with Gasteiger partial charge in [0.15, 0.2) is 0 Å². The maximum atomic E-state index is 4.68. The highest BCUT2D eigenvalue weighted by molar-refractivity contribution is 5.43. The molecule has 2 rings (SSSR count). The van der Waals surface area contributed by atoms with Gasteiger partial charge in [-0.1, -0.05) is 25.1 Å². The van der Waals surface area contributed by atoms with E-state index in [2.05, 4.69) is 60.1 Å². The quantitative estimate of drug-likeness (QED) is 0.895. The minimum absolute atomic E-state index is 0.867. The summed E-state index contributed by atoms with van der Waals surface area (Å²) in [5.74, 6) is 0. The molecule has 0 fully saturated rings. The van der Waals surface area contributed by atoms with Crippen LogP contribution in [0.25, 0.3) is 5.69 Å². The molecule has 18 heavy (non-hydrogen) atoms. The third kappa shape index (κ3) is 2.18. The molecule has 0 aliphatic heterocycles. The second-order valence-corrected chi connectivity index (χ2v) is 4.57. The van der Waals surface area contributed by atoms with Crippen LogP contribution in [-0.4, -0.2) is 16.8 Å². The number of aryl methyl sites for hydroxylation is 2. The van der Waals surface area contributed by atoms with Crippen molar-refractivity contribution in [1.29, 1.82) is 0 Å². The molecule has 1 aromatic heterocycles. The number of hydrogen-bond acceptors (Lipinski definition) is 2. The van der Waals surface area contributed by atoms with Gasteiger partial charge in [0.1, 0.15) is 0 Å². The predicted molar refractivity (Wildman–Crippen MR) is 75.2 cm³/mol. The fourth-order valence-electron chi connectivity index (χ4n) is 2.36. The van der Waals surface area contributed by atoms with Gasteiger partial charge >= 0.3 is 0 Å². The zero-order chi connectivity index (χ0) is 13.1. The van der Waals surface area contributed by atoms with Gasteiger partial charge in [-0.15, -0.1) is 0 Å². The molecular formula is C15H21N3. The zero-order valence-electron chi connectivity index (χ0n) is 11.6. The summed E-state index contributed by atoms with van der Waals surface area (Å²) in [4.78, 5) is 0. The van der Waals surface area contributed by atoms with Gasteiger partial charge < -0.3 is 5.32 Å². The number of hydrogen-bond donors (Lipinski definition) is 1. The van der Waals surface area contributed by atoms with E-state index in [1.807, 2.05) is 7.05 Å². The van der Waals surface area contributed by atoms with Crippen LogP contribution in [0.1, 0.15) is 29.4 Å². The first-order valence-corrected chi connectivity index (χ1v) is 6.47. The Hall–Kier alpha value is -1.61. The third-order valence-corrected chi connectivity index (χ3v) is 3.40. The van der Waals surface area contributed by atoms with Crippen LogP contribution in [0.3, 0.4) is 0 Å². The Morgan fingerprint density at radius 1 is 1.22 bits per heavy atom. The van der Waals surface area contributed by atoms with E-state index < -0.39 is 0 Å². The molecule has 3 heteroatoms. The number of benzene rings is 1. The normalized spacial score (nSPS) is 10.9. The molecule has 0 atom stereocenters. The van der Waals surface area contributed by atoms with Gasteiger partial charge in [-0.2, -0.15) is 5.10 Å². The van der Waals surface area contributed by atoms with E-state index in [1.165, 1.54) is 22.5 Å². The number of rotatable bonds is 4. The number of nitrogens with one attached hydrogen (secondary N) is 1. The molecule has 0 aliphatic carbocycles. The minimum Gasteiger partial charge on any atom is -0.316 e. The maximum absolute atomic E-state index is 4.68.